The van der Waals surface area contributed by atoms with Gasteiger partial charge in [-0.15, -0.1) is 0 Å². The van der Waals surface area contributed by atoms with Gasteiger partial charge in [0.15, 0.2) is 0 Å². The Labute approximate surface area is 211 Å². The molecule has 0 atom stereocenters. The number of amides is 2. The standard InChI is InChI=1S/C28H21ClF2N2O3/c1-18-7-11-22(12-8-18)33(28(35)36-17-19-5-3-2-4-6-19)27(34)23-13-10-21(16-24(23)29)32-26-14-9-20(30)15-25(26)31/h2-16,32H,17H2,1H3. The summed E-state index contributed by atoms with van der Waals surface area (Å²) in [7, 11) is 0. The number of anilines is 3. The van der Waals surface area contributed by atoms with Gasteiger partial charge in [-0.1, -0.05) is 59.6 Å². The van der Waals surface area contributed by atoms with E-state index in [1.54, 1.807) is 36.4 Å². The van der Waals surface area contributed by atoms with E-state index < -0.39 is 23.6 Å². The van der Waals surface area contributed by atoms with Crippen LogP contribution in [0.25, 0.3) is 0 Å². The first-order valence-corrected chi connectivity index (χ1v) is 11.3. The quantitative estimate of drug-likeness (QED) is 0.292. The molecule has 0 spiro atoms. The van der Waals surface area contributed by atoms with Crippen LogP contribution in [0.4, 0.5) is 30.6 Å². The predicted octanol–water partition coefficient (Wildman–Crippen LogP) is 7.65. The van der Waals surface area contributed by atoms with Crippen molar-refractivity contribution in [2.75, 3.05) is 10.2 Å². The molecule has 0 fully saturated rings. The van der Waals surface area contributed by atoms with Crippen molar-refractivity contribution in [3.05, 3.63) is 124 Å². The molecule has 8 heteroatoms. The van der Waals surface area contributed by atoms with Gasteiger partial charge >= 0.3 is 6.09 Å². The molecule has 1 N–H and O–H groups in total. The number of hydrogen-bond acceptors (Lipinski definition) is 4. The zero-order chi connectivity index (χ0) is 25.7. The van der Waals surface area contributed by atoms with Gasteiger partial charge in [0, 0.05) is 11.8 Å². The summed E-state index contributed by atoms with van der Waals surface area (Å²) in [5, 5.41) is 2.82. The van der Waals surface area contributed by atoms with Crippen molar-refractivity contribution in [2.24, 2.45) is 0 Å². The first-order chi connectivity index (χ1) is 17.3. The highest BCUT2D eigenvalue weighted by Gasteiger charge is 2.28. The second kappa shape index (κ2) is 11.0. The molecular weight excluding hydrogens is 486 g/mol. The molecule has 0 aliphatic rings. The Balaban J connectivity index is 1.59. The van der Waals surface area contributed by atoms with E-state index in [1.807, 2.05) is 25.1 Å². The largest absolute Gasteiger partial charge is 0.444 e. The number of halogens is 3. The molecule has 36 heavy (non-hydrogen) atoms. The Bertz CT molecular complexity index is 1400. The fraction of sp³-hybridized carbons (Fsp3) is 0.0714. The number of nitrogens with one attached hydrogen (secondary N) is 1. The second-order valence-electron chi connectivity index (χ2n) is 7.96. The summed E-state index contributed by atoms with van der Waals surface area (Å²) in [5.41, 5.74) is 2.48. The van der Waals surface area contributed by atoms with Gasteiger partial charge in [0.05, 0.1) is 22.0 Å². The minimum atomic E-state index is -0.862. The smallest absolute Gasteiger partial charge is 0.421 e. The molecule has 0 bridgehead atoms. The van der Waals surface area contributed by atoms with E-state index in [2.05, 4.69) is 5.32 Å². The summed E-state index contributed by atoms with van der Waals surface area (Å²) in [6, 6.07) is 23.4. The molecule has 0 heterocycles. The van der Waals surface area contributed by atoms with Crippen LogP contribution in [-0.4, -0.2) is 12.0 Å². The lowest BCUT2D eigenvalue weighted by Crippen LogP contribution is -2.37. The molecule has 4 rings (SSSR count). The van der Waals surface area contributed by atoms with E-state index in [0.717, 1.165) is 28.2 Å². The molecule has 0 saturated carbocycles. The second-order valence-corrected chi connectivity index (χ2v) is 8.37. The monoisotopic (exact) mass is 506 g/mol. The normalized spacial score (nSPS) is 10.6. The molecule has 4 aromatic rings. The highest BCUT2D eigenvalue weighted by molar-refractivity contribution is 6.36. The van der Waals surface area contributed by atoms with Gasteiger partial charge in [-0.2, -0.15) is 0 Å². The van der Waals surface area contributed by atoms with Crippen molar-refractivity contribution in [1.82, 2.24) is 0 Å². The molecule has 0 aliphatic heterocycles. The molecule has 0 saturated heterocycles. The summed E-state index contributed by atoms with van der Waals surface area (Å²) in [6.07, 6.45) is -0.862. The third kappa shape index (κ3) is 5.87. The number of nitrogens with zero attached hydrogens (tertiary/aromatic N) is 1. The number of benzene rings is 4. The van der Waals surface area contributed by atoms with E-state index in [1.165, 1.54) is 24.3 Å². The van der Waals surface area contributed by atoms with Crippen molar-refractivity contribution in [3.63, 3.8) is 0 Å². The highest BCUT2D eigenvalue weighted by atomic mass is 35.5. The van der Waals surface area contributed by atoms with Crippen LogP contribution in [0, 0.1) is 18.6 Å². The van der Waals surface area contributed by atoms with E-state index in [9.17, 15) is 18.4 Å². The van der Waals surface area contributed by atoms with Crippen LogP contribution >= 0.6 is 11.6 Å². The number of ether oxygens (including phenoxy) is 1. The molecule has 5 nitrogen and oxygen atoms in total. The predicted molar refractivity (Wildman–Crippen MR) is 136 cm³/mol. The Morgan fingerprint density at radius 2 is 1.64 bits per heavy atom. The van der Waals surface area contributed by atoms with Gasteiger partial charge in [0.1, 0.15) is 18.2 Å². The fourth-order valence-electron chi connectivity index (χ4n) is 3.42. The van der Waals surface area contributed by atoms with Crippen LogP contribution in [0.5, 0.6) is 0 Å². The van der Waals surface area contributed by atoms with Crippen molar-refractivity contribution in [3.8, 4) is 0 Å². The van der Waals surface area contributed by atoms with Crippen LogP contribution in [0.1, 0.15) is 21.5 Å². The van der Waals surface area contributed by atoms with Crippen LogP contribution < -0.4 is 10.2 Å². The Morgan fingerprint density at radius 1 is 0.917 bits per heavy atom. The third-order valence-corrected chi connectivity index (χ3v) is 5.61. The van der Waals surface area contributed by atoms with Gasteiger partial charge in [0.2, 0.25) is 0 Å². The Kier molecular flexibility index (Phi) is 7.61. The highest BCUT2D eigenvalue weighted by Crippen LogP contribution is 2.28. The minimum Gasteiger partial charge on any atom is -0.444 e. The van der Waals surface area contributed by atoms with E-state index in [-0.39, 0.29) is 22.9 Å². The number of carbonyl (C=O) groups is 2. The third-order valence-electron chi connectivity index (χ3n) is 5.29. The number of rotatable bonds is 6. The van der Waals surface area contributed by atoms with Crippen LogP contribution in [0.15, 0.2) is 91.0 Å². The molecule has 0 unspecified atom stereocenters. The van der Waals surface area contributed by atoms with Crippen molar-refractivity contribution in [2.45, 2.75) is 13.5 Å². The molecule has 0 aliphatic carbocycles. The molecule has 182 valence electrons. The maximum Gasteiger partial charge on any atom is 0.421 e. The summed E-state index contributed by atoms with van der Waals surface area (Å²) < 4.78 is 32.6. The topological polar surface area (TPSA) is 58.6 Å². The summed E-state index contributed by atoms with van der Waals surface area (Å²) in [6.45, 7) is 1.87. The Morgan fingerprint density at radius 3 is 2.31 bits per heavy atom. The van der Waals surface area contributed by atoms with Crippen molar-refractivity contribution >= 4 is 40.7 Å². The van der Waals surface area contributed by atoms with Gasteiger partial charge < -0.3 is 10.1 Å². The zero-order valence-electron chi connectivity index (χ0n) is 19.2. The minimum absolute atomic E-state index is 0.0187. The average molecular weight is 507 g/mol. The first-order valence-electron chi connectivity index (χ1n) is 11.0. The van der Waals surface area contributed by atoms with Crippen molar-refractivity contribution < 1.29 is 23.1 Å². The number of carbonyl (C=O) groups excluding carboxylic acids is 2. The molecule has 2 amide bonds. The molecular formula is C28H21ClF2N2O3. The summed E-state index contributed by atoms with van der Waals surface area (Å²) in [4.78, 5) is 27.5. The lowest BCUT2D eigenvalue weighted by Gasteiger charge is -2.21. The SMILES string of the molecule is Cc1ccc(N(C(=O)OCc2ccccc2)C(=O)c2ccc(Nc3ccc(F)cc3F)cc2Cl)cc1. The van der Waals surface area contributed by atoms with Crippen LogP contribution in [0.3, 0.4) is 0 Å². The summed E-state index contributed by atoms with van der Waals surface area (Å²) >= 11 is 6.40. The summed E-state index contributed by atoms with van der Waals surface area (Å²) in [5.74, 6) is -2.17. The molecule has 0 aromatic heterocycles. The van der Waals surface area contributed by atoms with Crippen LogP contribution in [-0.2, 0) is 11.3 Å². The number of hydrogen-bond donors (Lipinski definition) is 1. The van der Waals surface area contributed by atoms with Crippen LogP contribution in [0.2, 0.25) is 5.02 Å². The lowest BCUT2D eigenvalue weighted by molar-refractivity contribution is 0.0959. The maximum absolute atomic E-state index is 14.0. The van der Waals surface area contributed by atoms with E-state index in [0.29, 0.717) is 11.4 Å². The van der Waals surface area contributed by atoms with Crippen molar-refractivity contribution in [1.29, 1.82) is 0 Å². The zero-order valence-corrected chi connectivity index (χ0v) is 19.9. The number of imide groups is 1. The maximum atomic E-state index is 14.0. The Hall–Kier alpha value is -4.23. The lowest BCUT2D eigenvalue weighted by atomic mass is 10.1. The molecule has 0 radical (unpaired) electrons. The van der Waals surface area contributed by atoms with Gasteiger partial charge in [-0.25, -0.2) is 18.5 Å². The van der Waals surface area contributed by atoms with E-state index in [4.69, 9.17) is 16.3 Å². The fourth-order valence-corrected chi connectivity index (χ4v) is 3.68. The average Bonchev–Trinajstić information content (AvgIpc) is 2.86. The number of aryl methyl sites for hydroxylation is 1. The van der Waals surface area contributed by atoms with Gasteiger partial charge in [-0.05, 0) is 55.0 Å². The molecule has 4 aromatic carbocycles. The van der Waals surface area contributed by atoms with E-state index >= 15 is 0 Å². The first kappa shape index (κ1) is 24.9. The van der Waals surface area contributed by atoms with Gasteiger partial charge in [0.25, 0.3) is 5.91 Å². The van der Waals surface area contributed by atoms with Gasteiger partial charge in [-0.3, -0.25) is 4.79 Å².